The van der Waals surface area contributed by atoms with Crippen LogP contribution in [0.5, 0.6) is 5.75 Å². The molecular formula is C27H28N4O3. The number of hydrogen-bond acceptors (Lipinski definition) is 4. The Kier molecular flexibility index (Phi) is 5.29. The number of ether oxygens (including phenoxy) is 1. The predicted molar refractivity (Wildman–Crippen MR) is 134 cm³/mol. The summed E-state index contributed by atoms with van der Waals surface area (Å²) in [7, 11) is 7.45. The number of fused-ring (bicyclic) bond motifs is 2. The molecule has 174 valence electrons. The normalized spacial score (nSPS) is 15.4. The quantitative estimate of drug-likeness (QED) is 0.447. The fourth-order valence-corrected chi connectivity index (χ4v) is 4.64. The number of benzene rings is 2. The zero-order valence-electron chi connectivity index (χ0n) is 20.0. The van der Waals surface area contributed by atoms with Crippen LogP contribution in [0, 0.1) is 0 Å². The molecule has 0 fully saturated rings. The van der Waals surface area contributed by atoms with E-state index in [1.165, 1.54) is 4.90 Å². The van der Waals surface area contributed by atoms with Gasteiger partial charge in [0.05, 0.1) is 18.3 Å². The third kappa shape index (κ3) is 3.31. The van der Waals surface area contributed by atoms with E-state index in [1.54, 1.807) is 7.11 Å². The SMILES string of the molecule is COc1ccc2c(c1)c(C1=C(c3c[nH]c4ccccc34)C(=O)N(CC(C)N(C)C)C1=O)cn2C. The lowest BCUT2D eigenvalue weighted by molar-refractivity contribution is -0.136. The lowest BCUT2D eigenvalue weighted by Crippen LogP contribution is -2.42. The summed E-state index contributed by atoms with van der Waals surface area (Å²) in [4.78, 5) is 34.4. The third-order valence-corrected chi connectivity index (χ3v) is 6.82. The van der Waals surface area contributed by atoms with Gasteiger partial charge in [0.2, 0.25) is 0 Å². The van der Waals surface area contributed by atoms with Gasteiger partial charge in [-0.1, -0.05) is 18.2 Å². The average Bonchev–Trinajstić information content (AvgIpc) is 3.46. The number of carbonyl (C=O) groups excluding carboxylic acids is 2. The molecule has 0 aliphatic carbocycles. The number of likely N-dealkylation sites (N-methyl/N-ethyl adjacent to an activating group) is 1. The van der Waals surface area contributed by atoms with Crippen molar-refractivity contribution in [2.45, 2.75) is 13.0 Å². The van der Waals surface area contributed by atoms with Crippen LogP contribution >= 0.6 is 0 Å². The predicted octanol–water partition coefficient (Wildman–Crippen LogP) is 3.90. The number of aromatic amines is 1. The second-order valence-corrected chi connectivity index (χ2v) is 9.07. The molecule has 0 bridgehead atoms. The molecular weight excluding hydrogens is 428 g/mol. The monoisotopic (exact) mass is 456 g/mol. The topological polar surface area (TPSA) is 70.6 Å². The van der Waals surface area contributed by atoms with Crippen molar-refractivity contribution >= 4 is 44.8 Å². The van der Waals surface area contributed by atoms with Crippen LogP contribution in [0.3, 0.4) is 0 Å². The summed E-state index contributed by atoms with van der Waals surface area (Å²) in [5, 5.41) is 1.79. The Morgan fingerprint density at radius 3 is 2.41 bits per heavy atom. The molecule has 0 saturated heterocycles. The maximum atomic E-state index is 13.9. The Labute approximate surface area is 198 Å². The van der Waals surface area contributed by atoms with E-state index in [4.69, 9.17) is 4.74 Å². The number of aromatic nitrogens is 2. The maximum absolute atomic E-state index is 13.9. The molecule has 2 aromatic carbocycles. The van der Waals surface area contributed by atoms with E-state index >= 15 is 0 Å². The first kappa shape index (κ1) is 22.0. The number of rotatable bonds is 6. The van der Waals surface area contributed by atoms with Crippen LogP contribution in [0.25, 0.3) is 33.0 Å². The molecule has 34 heavy (non-hydrogen) atoms. The van der Waals surface area contributed by atoms with Crippen LogP contribution in [-0.4, -0.2) is 65.0 Å². The highest BCUT2D eigenvalue weighted by Crippen LogP contribution is 2.41. The van der Waals surface area contributed by atoms with E-state index in [-0.39, 0.29) is 17.9 Å². The Bertz CT molecular complexity index is 1470. The number of para-hydroxylation sites is 1. The molecule has 1 aliphatic heterocycles. The van der Waals surface area contributed by atoms with Gasteiger partial charge in [-0.05, 0) is 45.3 Å². The Morgan fingerprint density at radius 2 is 1.71 bits per heavy atom. The highest BCUT2D eigenvalue weighted by Gasteiger charge is 2.42. The minimum absolute atomic E-state index is 0.0177. The van der Waals surface area contributed by atoms with Crippen molar-refractivity contribution in [1.29, 1.82) is 0 Å². The smallest absolute Gasteiger partial charge is 0.262 e. The zero-order chi connectivity index (χ0) is 24.1. The van der Waals surface area contributed by atoms with Crippen molar-refractivity contribution < 1.29 is 14.3 Å². The number of nitrogens with one attached hydrogen (secondary N) is 1. The third-order valence-electron chi connectivity index (χ3n) is 6.82. The second kappa shape index (κ2) is 8.18. The summed E-state index contributed by atoms with van der Waals surface area (Å²) in [6, 6.07) is 13.6. The van der Waals surface area contributed by atoms with E-state index in [9.17, 15) is 9.59 Å². The molecule has 4 aromatic rings. The summed E-state index contributed by atoms with van der Waals surface area (Å²) in [6.07, 6.45) is 3.76. The number of amides is 2. The number of hydrogen-bond donors (Lipinski definition) is 1. The molecule has 1 atom stereocenters. The number of methoxy groups -OCH3 is 1. The van der Waals surface area contributed by atoms with E-state index < -0.39 is 0 Å². The summed E-state index contributed by atoms with van der Waals surface area (Å²) in [5.41, 5.74) is 4.22. The standard InChI is InChI=1S/C27H28N4O3/c1-16(29(2)3)14-31-26(32)24(20-13-28-22-9-7-6-8-18(20)22)25(27(31)33)21-15-30(4)23-11-10-17(34-5)12-19(21)23/h6-13,15-16,28H,14H2,1-5H3. The lowest BCUT2D eigenvalue weighted by atomic mass is 9.95. The van der Waals surface area contributed by atoms with Crippen molar-refractivity contribution in [2.75, 3.05) is 27.7 Å². The first-order chi connectivity index (χ1) is 16.3. The maximum Gasteiger partial charge on any atom is 0.262 e. The molecule has 2 amide bonds. The van der Waals surface area contributed by atoms with E-state index in [0.29, 0.717) is 23.4 Å². The highest BCUT2D eigenvalue weighted by molar-refractivity contribution is 6.50. The van der Waals surface area contributed by atoms with E-state index in [2.05, 4.69) is 4.98 Å². The van der Waals surface area contributed by atoms with Gasteiger partial charge in [-0.2, -0.15) is 0 Å². The van der Waals surface area contributed by atoms with Crippen molar-refractivity contribution in [2.24, 2.45) is 7.05 Å². The summed E-state index contributed by atoms with van der Waals surface area (Å²) >= 11 is 0. The van der Waals surface area contributed by atoms with Crippen LogP contribution in [0.1, 0.15) is 18.1 Å². The van der Waals surface area contributed by atoms with Crippen molar-refractivity contribution in [1.82, 2.24) is 19.4 Å². The zero-order valence-corrected chi connectivity index (χ0v) is 20.0. The lowest BCUT2D eigenvalue weighted by Gasteiger charge is -2.25. The number of imide groups is 1. The number of aryl methyl sites for hydroxylation is 1. The first-order valence-electron chi connectivity index (χ1n) is 11.3. The molecule has 1 unspecified atom stereocenters. The van der Waals surface area contributed by atoms with Gasteiger partial charge >= 0.3 is 0 Å². The highest BCUT2D eigenvalue weighted by atomic mass is 16.5. The summed E-state index contributed by atoms with van der Waals surface area (Å²) in [6.45, 7) is 2.32. The van der Waals surface area contributed by atoms with E-state index in [0.717, 1.165) is 32.9 Å². The number of nitrogens with zero attached hydrogens (tertiary/aromatic N) is 3. The molecule has 0 spiro atoms. The van der Waals surface area contributed by atoms with Gasteiger partial charge in [0.25, 0.3) is 11.8 Å². The molecule has 0 radical (unpaired) electrons. The van der Waals surface area contributed by atoms with Crippen LogP contribution in [0.2, 0.25) is 0 Å². The Morgan fingerprint density at radius 1 is 1.00 bits per heavy atom. The van der Waals surface area contributed by atoms with Crippen molar-refractivity contribution in [3.8, 4) is 5.75 Å². The number of H-pyrrole nitrogens is 1. The number of carbonyl (C=O) groups is 2. The van der Waals surface area contributed by atoms with Gasteiger partial charge in [0.1, 0.15) is 5.75 Å². The molecule has 7 nitrogen and oxygen atoms in total. The van der Waals surface area contributed by atoms with Crippen LogP contribution in [-0.2, 0) is 16.6 Å². The average molecular weight is 457 g/mol. The molecule has 1 aliphatic rings. The fraction of sp³-hybridized carbons (Fsp3) is 0.259. The van der Waals surface area contributed by atoms with Gasteiger partial charge in [0.15, 0.2) is 0 Å². The minimum atomic E-state index is -0.269. The van der Waals surface area contributed by atoms with Gasteiger partial charge in [-0.3, -0.25) is 14.5 Å². The molecule has 3 heterocycles. The van der Waals surface area contributed by atoms with Gasteiger partial charge in [0, 0.05) is 65.0 Å². The summed E-state index contributed by atoms with van der Waals surface area (Å²) < 4.78 is 7.43. The van der Waals surface area contributed by atoms with Crippen LogP contribution in [0.4, 0.5) is 0 Å². The van der Waals surface area contributed by atoms with Crippen LogP contribution < -0.4 is 4.74 Å². The fourth-order valence-electron chi connectivity index (χ4n) is 4.64. The Balaban J connectivity index is 1.78. The second-order valence-electron chi connectivity index (χ2n) is 9.07. The minimum Gasteiger partial charge on any atom is -0.497 e. The molecule has 1 N–H and O–H groups in total. The van der Waals surface area contributed by atoms with Crippen molar-refractivity contribution in [3.63, 3.8) is 0 Å². The van der Waals surface area contributed by atoms with Crippen molar-refractivity contribution in [3.05, 3.63) is 66.0 Å². The summed E-state index contributed by atoms with van der Waals surface area (Å²) in [5.74, 6) is 0.164. The van der Waals surface area contributed by atoms with E-state index in [1.807, 2.05) is 92.4 Å². The van der Waals surface area contributed by atoms with Gasteiger partial charge < -0.3 is 19.2 Å². The largest absolute Gasteiger partial charge is 0.497 e. The molecule has 7 heteroatoms. The first-order valence-corrected chi connectivity index (χ1v) is 11.3. The van der Waals surface area contributed by atoms with Gasteiger partial charge in [-0.15, -0.1) is 0 Å². The Hall–Kier alpha value is -3.84. The molecule has 5 rings (SSSR count). The van der Waals surface area contributed by atoms with Crippen LogP contribution in [0.15, 0.2) is 54.9 Å². The molecule has 2 aromatic heterocycles. The molecule has 0 saturated carbocycles. The van der Waals surface area contributed by atoms with Gasteiger partial charge in [-0.25, -0.2) is 0 Å².